The number of nitrogens with one attached hydrogen (secondary N) is 2. The smallest absolute Gasteiger partial charge is 0.228 e. The highest BCUT2D eigenvalue weighted by Crippen LogP contribution is 2.45. The molecule has 0 unspecified atom stereocenters. The van der Waals surface area contributed by atoms with Crippen molar-refractivity contribution < 1.29 is 4.79 Å². The van der Waals surface area contributed by atoms with Gasteiger partial charge in [0.1, 0.15) is 10.8 Å². The molecule has 0 atom stereocenters. The zero-order valence-corrected chi connectivity index (χ0v) is 9.56. The van der Waals surface area contributed by atoms with Crippen molar-refractivity contribution in [3.05, 3.63) is 11.2 Å². The predicted molar refractivity (Wildman–Crippen MR) is 58.7 cm³/mol. The monoisotopic (exact) mass is 227 g/mol. The second-order valence-corrected chi connectivity index (χ2v) is 5.26. The highest BCUT2D eigenvalue weighted by Gasteiger charge is 2.40. The summed E-state index contributed by atoms with van der Waals surface area (Å²) in [6.07, 6.45) is 3.34. The lowest BCUT2D eigenvalue weighted by molar-refractivity contribution is -0.126. The molecule has 0 spiro atoms. The van der Waals surface area contributed by atoms with E-state index >= 15 is 0 Å². The first-order chi connectivity index (χ1) is 6.98. The van der Waals surface area contributed by atoms with Gasteiger partial charge < -0.3 is 5.32 Å². The van der Waals surface area contributed by atoms with E-state index in [0.29, 0.717) is 16.3 Å². The van der Waals surface area contributed by atoms with Gasteiger partial charge in [-0.2, -0.15) is 5.10 Å². The molecule has 1 aliphatic rings. The van der Waals surface area contributed by atoms with Crippen LogP contribution in [0.25, 0.3) is 0 Å². The van der Waals surface area contributed by atoms with Crippen molar-refractivity contribution in [1.82, 2.24) is 10.2 Å². The summed E-state index contributed by atoms with van der Waals surface area (Å²) in [6.45, 7) is 4.33. The molecule has 0 saturated heterocycles. The number of hydrogen-bond acceptors (Lipinski definition) is 2. The van der Waals surface area contributed by atoms with Gasteiger partial charge in [0, 0.05) is 5.92 Å². The molecule has 1 amide bonds. The lowest BCUT2D eigenvalue weighted by Crippen LogP contribution is -2.39. The first kappa shape index (κ1) is 10.5. The molecule has 82 valence electrons. The Morgan fingerprint density at radius 2 is 2.33 bits per heavy atom. The van der Waals surface area contributed by atoms with Gasteiger partial charge in [-0.3, -0.25) is 9.89 Å². The number of rotatable bonds is 2. The van der Waals surface area contributed by atoms with Gasteiger partial charge in [0.2, 0.25) is 5.91 Å². The van der Waals surface area contributed by atoms with Crippen LogP contribution in [0.2, 0.25) is 5.02 Å². The Balaban J connectivity index is 1.92. The van der Waals surface area contributed by atoms with Crippen molar-refractivity contribution >= 4 is 23.3 Å². The van der Waals surface area contributed by atoms with Crippen LogP contribution in [0.15, 0.2) is 6.20 Å². The third kappa shape index (κ3) is 2.15. The SMILES string of the molecule is CC1(C)CC(C(=O)Nc2[nH]ncc2Cl)C1. The molecular formula is C10H14ClN3O. The molecule has 4 nitrogen and oxygen atoms in total. The van der Waals surface area contributed by atoms with Crippen molar-refractivity contribution in [3.8, 4) is 0 Å². The number of halogens is 1. The Morgan fingerprint density at radius 1 is 1.67 bits per heavy atom. The summed E-state index contributed by atoms with van der Waals surface area (Å²) in [4.78, 5) is 11.7. The molecule has 1 saturated carbocycles. The van der Waals surface area contributed by atoms with Crippen LogP contribution in [0.1, 0.15) is 26.7 Å². The van der Waals surface area contributed by atoms with Crippen molar-refractivity contribution in [3.63, 3.8) is 0 Å². The minimum atomic E-state index is 0.0282. The topological polar surface area (TPSA) is 57.8 Å². The number of hydrogen-bond donors (Lipinski definition) is 2. The standard InChI is InChI=1S/C10H14ClN3O/c1-10(2)3-6(4-10)9(15)13-8-7(11)5-12-14-8/h5-6H,3-4H2,1-2H3,(H2,12,13,14,15). The van der Waals surface area contributed by atoms with Gasteiger partial charge in [0.25, 0.3) is 0 Å². The molecule has 1 aliphatic carbocycles. The molecule has 0 bridgehead atoms. The van der Waals surface area contributed by atoms with E-state index in [2.05, 4.69) is 29.4 Å². The maximum Gasteiger partial charge on any atom is 0.228 e. The normalized spacial score (nSPS) is 19.7. The Labute approximate surface area is 93.4 Å². The largest absolute Gasteiger partial charge is 0.310 e. The quantitative estimate of drug-likeness (QED) is 0.815. The summed E-state index contributed by atoms with van der Waals surface area (Å²) in [5.74, 6) is 0.631. The van der Waals surface area contributed by atoms with E-state index in [1.54, 1.807) is 0 Å². The van der Waals surface area contributed by atoms with E-state index in [0.717, 1.165) is 12.8 Å². The fraction of sp³-hybridized carbons (Fsp3) is 0.600. The number of carbonyl (C=O) groups excluding carboxylic acids is 1. The molecule has 15 heavy (non-hydrogen) atoms. The zero-order chi connectivity index (χ0) is 11.1. The first-order valence-corrected chi connectivity index (χ1v) is 5.35. The molecule has 0 aliphatic heterocycles. The number of H-pyrrole nitrogens is 1. The summed E-state index contributed by atoms with van der Waals surface area (Å²) < 4.78 is 0. The predicted octanol–water partition coefficient (Wildman–Crippen LogP) is 2.44. The third-order valence-electron chi connectivity index (χ3n) is 2.81. The molecule has 0 radical (unpaired) electrons. The first-order valence-electron chi connectivity index (χ1n) is 4.98. The number of anilines is 1. The van der Waals surface area contributed by atoms with Gasteiger partial charge in [-0.25, -0.2) is 0 Å². The van der Waals surface area contributed by atoms with Gasteiger partial charge in [-0.1, -0.05) is 25.4 Å². The van der Waals surface area contributed by atoms with E-state index in [-0.39, 0.29) is 11.8 Å². The van der Waals surface area contributed by atoms with Gasteiger partial charge in [0.05, 0.1) is 6.20 Å². The van der Waals surface area contributed by atoms with E-state index in [1.165, 1.54) is 6.20 Å². The van der Waals surface area contributed by atoms with Crippen molar-refractivity contribution in [2.75, 3.05) is 5.32 Å². The van der Waals surface area contributed by atoms with Crippen molar-refractivity contribution in [1.29, 1.82) is 0 Å². The van der Waals surface area contributed by atoms with Crippen LogP contribution in [0.5, 0.6) is 0 Å². The average Bonchev–Trinajstić information content (AvgIpc) is 2.47. The number of amides is 1. The summed E-state index contributed by atoms with van der Waals surface area (Å²) >= 11 is 5.80. The lowest BCUT2D eigenvalue weighted by Gasteiger charge is -2.41. The van der Waals surface area contributed by atoms with E-state index in [4.69, 9.17) is 11.6 Å². The summed E-state index contributed by atoms with van der Waals surface area (Å²) in [5, 5.41) is 9.57. The van der Waals surface area contributed by atoms with Gasteiger partial charge in [0.15, 0.2) is 0 Å². The second kappa shape index (κ2) is 3.52. The summed E-state index contributed by atoms with van der Waals surface area (Å²) in [6, 6.07) is 0. The Hall–Kier alpha value is -1.03. The van der Waals surface area contributed by atoms with E-state index in [9.17, 15) is 4.79 Å². The molecule has 1 aromatic heterocycles. The van der Waals surface area contributed by atoms with Crippen LogP contribution >= 0.6 is 11.6 Å². The Kier molecular flexibility index (Phi) is 2.46. The lowest BCUT2D eigenvalue weighted by atomic mass is 9.64. The van der Waals surface area contributed by atoms with Gasteiger partial charge >= 0.3 is 0 Å². The molecule has 1 heterocycles. The number of aromatic nitrogens is 2. The number of nitrogens with zero attached hydrogens (tertiary/aromatic N) is 1. The minimum Gasteiger partial charge on any atom is -0.310 e. The van der Waals surface area contributed by atoms with Crippen LogP contribution in [0, 0.1) is 11.3 Å². The summed E-state index contributed by atoms with van der Waals surface area (Å²) in [7, 11) is 0. The van der Waals surface area contributed by atoms with E-state index < -0.39 is 0 Å². The van der Waals surface area contributed by atoms with Crippen molar-refractivity contribution in [2.24, 2.45) is 11.3 Å². The fourth-order valence-corrected chi connectivity index (χ4v) is 2.18. The van der Waals surface area contributed by atoms with Gasteiger partial charge in [-0.05, 0) is 18.3 Å². The average molecular weight is 228 g/mol. The third-order valence-corrected chi connectivity index (χ3v) is 3.10. The Morgan fingerprint density at radius 3 is 2.80 bits per heavy atom. The summed E-state index contributed by atoms with van der Waals surface area (Å²) in [5.41, 5.74) is 0.305. The van der Waals surface area contributed by atoms with Crippen LogP contribution in [-0.4, -0.2) is 16.1 Å². The van der Waals surface area contributed by atoms with Crippen molar-refractivity contribution in [2.45, 2.75) is 26.7 Å². The fourth-order valence-electron chi connectivity index (χ4n) is 2.04. The maximum atomic E-state index is 11.7. The molecule has 2 rings (SSSR count). The van der Waals surface area contributed by atoms with Crippen LogP contribution < -0.4 is 5.32 Å². The highest BCUT2D eigenvalue weighted by molar-refractivity contribution is 6.33. The molecule has 2 N–H and O–H groups in total. The van der Waals surface area contributed by atoms with Gasteiger partial charge in [-0.15, -0.1) is 0 Å². The zero-order valence-electron chi connectivity index (χ0n) is 8.80. The van der Waals surface area contributed by atoms with E-state index in [1.807, 2.05) is 0 Å². The number of aromatic amines is 1. The van der Waals surface area contributed by atoms with Crippen LogP contribution in [0.4, 0.5) is 5.82 Å². The minimum absolute atomic E-state index is 0.0282. The number of carbonyl (C=O) groups is 1. The molecular weight excluding hydrogens is 214 g/mol. The van der Waals surface area contributed by atoms with Crippen LogP contribution in [0.3, 0.4) is 0 Å². The second-order valence-electron chi connectivity index (χ2n) is 4.85. The molecule has 5 heteroatoms. The molecule has 1 aromatic rings. The molecule has 1 fully saturated rings. The van der Waals surface area contributed by atoms with Crippen LogP contribution in [-0.2, 0) is 4.79 Å². The Bertz CT molecular complexity index is 378. The highest BCUT2D eigenvalue weighted by atomic mass is 35.5. The molecule has 0 aromatic carbocycles. The maximum absolute atomic E-state index is 11.7.